The van der Waals surface area contributed by atoms with E-state index in [0.717, 1.165) is 10.0 Å². The fraction of sp³-hybridized carbons (Fsp3) is 0.214. The number of carbonyl (C=O) groups excluding carboxylic acids is 1. The molecule has 116 valence electrons. The van der Waals surface area contributed by atoms with Crippen molar-refractivity contribution < 1.29 is 9.53 Å². The number of halogens is 2. The normalized spacial score (nSPS) is 10.9. The number of ether oxygens (including phenoxy) is 1. The maximum atomic E-state index is 11.4. The Labute approximate surface area is 145 Å². The van der Waals surface area contributed by atoms with Crippen molar-refractivity contribution in [2.75, 3.05) is 12.0 Å². The number of hydrazone groups is 1. The highest BCUT2D eigenvalue weighted by molar-refractivity contribution is 9.10. The Balaban J connectivity index is 1.91. The molecule has 0 radical (unpaired) electrons. The van der Waals surface area contributed by atoms with Gasteiger partial charge in [0.15, 0.2) is 0 Å². The van der Waals surface area contributed by atoms with E-state index in [9.17, 15) is 4.79 Å². The number of nitrogens with one attached hydrogen (secondary N) is 1. The molecule has 8 heteroatoms. The summed E-state index contributed by atoms with van der Waals surface area (Å²) in [4.78, 5) is 15.6. The molecule has 1 aromatic carbocycles. The van der Waals surface area contributed by atoms with E-state index in [4.69, 9.17) is 16.3 Å². The highest BCUT2D eigenvalue weighted by Crippen LogP contribution is 2.22. The van der Waals surface area contributed by atoms with Gasteiger partial charge in [0, 0.05) is 9.85 Å². The molecular formula is C14H13BrClN3O2S. The minimum absolute atomic E-state index is 0.167. The van der Waals surface area contributed by atoms with Gasteiger partial charge in [0.25, 0.3) is 0 Å². The molecular weight excluding hydrogens is 390 g/mol. The molecule has 0 fully saturated rings. The van der Waals surface area contributed by atoms with Crippen LogP contribution in [0.25, 0.3) is 0 Å². The van der Waals surface area contributed by atoms with Crippen LogP contribution in [0.5, 0.6) is 0 Å². The minimum atomic E-state index is -0.283. The van der Waals surface area contributed by atoms with E-state index < -0.39 is 0 Å². The molecule has 0 spiro atoms. The van der Waals surface area contributed by atoms with Gasteiger partial charge in [-0.25, -0.2) is 4.98 Å². The summed E-state index contributed by atoms with van der Waals surface area (Å²) in [6.45, 7) is 2.14. The van der Waals surface area contributed by atoms with E-state index in [1.807, 2.05) is 12.1 Å². The standard InChI is InChI=1S/C14H13BrClN3O2S/c1-2-21-13(20)6-10-8-22-14(18-10)19-17-7-9-3-4-12(16)11(15)5-9/h3-5,7-8H,2,6H2,1H3,(H,18,19). The van der Waals surface area contributed by atoms with Crippen LogP contribution < -0.4 is 5.43 Å². The smallest absolute Gasteiger partial charge is 0.311 e. The Morgan fingerprint density at radius 1 is 1.59 bits per heavy atom. The van der Waals surface area contributed by atoms with Crippen molar-refractivity contribution in [3.63, 3.8) is 0 Å². The second-order valence-corrected chi connectivity index (χ2v) is 6.29. The lowest BCUT2D eigenvalue weighted by Crippen LogP contribution is -2.07. The van der Waals surface area contributed by atoms with E-state index in [2.05, 4.69) is 31.4 Å². The Morgan fingerprint density at radius 2 is 2.41 bits per heavy atom. The lowest BCUT2D eigenvalue weighted by molar-refractivity contribution is -0.142. The first-order valence-corrected chi connectivity index (χ1v) is 8.47. The molecule has 0 saturated heterocycles. The number of benzene rings is 1. The number of anilines is 1. The Bertz CT molecular complexity index is 690. The maximum absolute atomic E-state index is 11.4. The quantitative estimate of drug-likeness (QED) is 0.449. The number of esters is 1. The average Bonchev–Trinajstić information content (AvgIpc) is 2.90. The first-order valence-electron chi connectivity index (χ1n) is 6.42. The number of rotatable bonds is 6. The molecule has 5 nitrogen and oxygen atoms in total. The van der Waals surface area contributed by atoms with Crippen molar-refractivity contribution in [2.45, 2.75) is 13.3 Å². The summed E-state index contributed by atoms with van der Waals surface area (Å²) in [5.41, 5.74) is 4.39. The highest BCUT2D eigenvalue weighted by atomic mass is 79.9. The van der Waals surface area contributed by atoms with E-state index in [1.54, 1.807) is 24.6 Å². The van der Waals surface area contributed by atoms with Gasteiger partial charge in [-0.05, 0) is 40.5 Å². The van der Waals surface area contributed by atoms with E-state index in [0.29, 0.717) is 22.5 Å². The van der Waals surface area contributed by atoms with Crippen LogP contribution in [0.3, 0.4) is 0 Å². The fourth-order valence-corrected chi connectivity index (χ4v) is 2.73. The van der Waals surface area contributed by atoms with Gasteiger partial charge in [0.05, 0.1) is 30.0 Å². The summed E-state index contributed by atoms with van der Waals surface area (Å²) in [5, 5.41) is 7.16. The predicted octanol–water partition coefficient (Wildman–Crippen LogP) is 4.11. The Hall–Kier alpha value is -1.44. The van der Waals surface area contributed by atoms with Crippen molar-refractivity contribution in [1.29, 1.82) is 0 Å². The molecule has 0 aliphatic heterocycles. The number of hydrogen-bond donors (Lipinski definition) is 1. The van der Waals surface area contributed by atoms with Gasteiger partial charge in [-0.3, -0.25) is 10.2 Å². The first-order chi connectivity index (χ1) is 10.6. The summed E-state index contributed by atoms with van der Waals surface area (Å²) in [5.74, 6) is -0.283. The predicted molar refractivity (Wildman–Crippen MR) is 92.8 cm³/mol. The molecule has 0 bridgehead atoms. The first kappa shape index (κ1) is 16.9. The van der Waals surface area contributed by atoms with Gasteiger partial charge in [-0.15, -0.1) is 11.3 Å². The number of thiazole rings is 1. The van der Waals surface area contributed by atoms with E-state index in [-0.39, 0.29) is 12.4 Å². The number of hydrogen-bond acceptors (Lipinski definition) is 6. The molecule has 0 saturated carbocycles. The molecule has 0 atom stereocenters. The van der Waals surface area contributed by atoms with Crippen LogP contribution in [0.1, 0.15) is 18.2 Å². The van der Waals surface area contributed by atoms with Crippen LogP contribution in [0.4, 0.5) is 5.13 Å². The van der Waals surface area contributed by atoms with Crippen molar-refractivity contribution in [3.05, 3.63) is 44.3 Å². The van der Waals surface area contributed by atoms with Gasteiger partial charge in [-0.2, -0.15) is 5.10 Å². The zero-order valence-electron chi connectivity index (χ0n) is 11.7. The van der Waals surface area contributed by atoms with Gasteiger partial charge in [0.1, 0.15) is 0 Å². The molecule has 2 aromatic rings. The number of aromatic nitrogens is 1. The van der Waals surface area contributed by atoms with Gasteiger partial charge in [0.2, 0.25) is 5.13 Å². The van der Waals surface area contributed by atoms with Crippen LogP contribution in [0, 0.1) is 0 Å². The average molecular weight is 403 g/mol. The largest absolute Gasteiger partial charge is 0.466 e. The molecule has 22 heavy (non-hydrogen) atoms. The van der Waals surface area contributed by atoms with Crippen LogP contribution in [0.15, 0.2) is 33.2 Å². The van der Waals surface area contributed by atoms with Crippen molar-refractivity contribution in [1.82, 2.24) is 4.98 Å². The third kappa shape index (κ3) is 5.08. The second kappa shape index (κ2) is 8.26. The SMILES string of the molecule is CCOC(=O)Cc1csc(NN=Cc2ccc(Cl)c(Br)c2)n1. The molecule has 0 amide bonds. The van der Waals surface area contributed by atoms with Gasteiger partial charge in [-0.1, -0.05) is 17.7 Å². The third-order valence-corrected chi connectivity index (χ3v) is 4.51. The van der Waals surface area contributed by atoms with E-state index in [1.165, 1.54) is 11.3 Å². The van der Waals surface area contributed by atoms with Crippen LogP contribution in [0.2, 0.25) is 5.02 Å². The number of nitrogens with zero attached hydrogens (tertiary/aromatic N) is 2. The van der Waals surface area contributed by atoms with Gasteiger partial charge >= 0.3 is 5.97 Å². The van der Waals surface area contributed by atoms with Crippen molar-refractivity contribution >= 4 is 56.2 Å². The van der Waals surface area contributed by atoms with Crippen molar-refractivity contribution in [2.24, 2.45) is 5.10 Å². The molecule has 1 N–H and O–H groups in total. The van der Waals surface area contributed by atoms with Crippen LogP contribution >= 0.6 is 38.9 Å². The van der Waals surface area contributed by atoms with Crippen molar-refractivity contribution in [3.8, 4) is 0 Å². The molecule has 1 aromatic heterocycles. The molecule has 2 rings (SSSR count). The fourth-order valence-electron chi connectivity index (χ4n) is 1.55. The topological polar surface area (TPSA) is 63.6 Å². The van der Waals surface area contributed by atoms with Gasteiger partial charge < -0.3 is 4.74 Å². The van der Waals surface area contributed by atoms with E-state index >= 15 is 0 Å². The summed E-state index contributed by atoms with van der Waals surface area (Å²) in [6, 6.07) is 5.50. The summed E-state index contributed by atoms with van der Waals surface area (Å²) in [7, 11) is 0. The third-order valence-electron chi connectivity index (χ3n) is 2.50. The molecule has 0 aliphatic rings. The summed E-state index contributed by atoms with van der Waals surface area (Å²) in [6.07, 6.45) is 1.83. The minimum Gasteiger partial charge on any atom is -0.466 e. The molecule has 0 unspecified atom stereocenters. The Kier molecular flexibility index (Phi) is 6.35. The molecule has 0 aliphatic carbocycles. The van der Waals surface area contributed by atoms with Crippen LogP contribution in [-0.4, -0.2) is 23.8 Å². The zero-order chi connectivity index (χ0) is 15.9. The highest BCUT2D eigenvalue weighted by Gasteiger charge is 2.07. The second-order valence-electron chi connectivity index (χ2n) is 4.17. The number of carbonyl (C=O) groups is 1. The lowest BCUT2D eigenvalue weighted by atomic mass is 10.2. The zero-order valence-corrected chi connectivity index (χ0v) is 14.8. The lowest BCUT2D eigenvalue weighted by Gasteiger charge is -1.98. The molecule has 1 heterocycles. The summed E-state index contributed by atoms with van der Waals surface area (Å²) >= 11 is 10.7. The monoisotopic (exact) mass is 401 g/mol. The Morgan fingerprint density at radius 3 is 3.14 bits per heavy atom. The summed E-state index contributed by atoms with van der Waals surface area (Å²) < 4.78 is 5.68. The van der Waals surface area contributed by atoms with Crippen LogP contribution in [-0.2, 0) is 16.0 Å². The maximum Gasteiger partial charge on any atom is 0.311 e.